The lowest BCUT2D eigenvalue weighted by molar-refractivity contribution is -0.115. The topological polar surface area (TPSA) is 24.9 Å². The predicted molar refractivity (Wildman–Crippen MR) is 38.7 cm³/mol. The summed E-state index contributed by atoms with van der Waals surface area (Å²) in [6.45, 7) is -1.17. The lowest BCUT2D eigenvalue weighted by Crippen LogP contribution is -2.21. The van der Waals surface area contributed by atoms with Gasteiger partial charge in [-0.1, -0.05) is 0 Å². The van der Waals surface area contributed by atoms with Gasteiger partial charge >= 0.3 is 6.18 Å². The largest absolute Gasteiger partial charge is 0.405 e. The summed E-state index contributed by atoms with van der Waals surface area (Å²) in [6.07, 6.45) is -3.45. The molecule has 72 valence electrons. The zero-order chi connectivity index (χ0) is 9.90. The summed E-state index contributed by atoms with van der Waals surface area (Å²) in [5.74, 6) is -0.587. The van der Waals surface area contributed by atoms with Gasteiger partial charge in [0.05, 0.1) is 6.20 Å². The van der Waals surface area contributed by atoms with E-state index in [-0.39, 0.29) is 5.82 Å². The van der Waals surface area contributed by atoms with E-state index in [1.165, 1.54) is 0 Å². The minimum absolute atomic E-state index is 0.00118. The van der Waals surface area contributed by atoms with Crippen molar-refractivity contribution in [2.24, 2.45) is 0 Å². The molecule has 0 aliphatic carbocycles. The number of alkyl halides is 3. The highest BCUT2D eigenvalue weighted by Crippen LogP contribution is 2.15. The van der Waals surface area contributed by atoms with Gasteiger partial charge in [-0.15, -0.1) is 0 Å². The molecule has 1 aromatic heterocycles. The molecule has 0 saturated heterocycles. The quantitative estimate of drug-likeness (QED) is 0.730. The maximum Gasteiger partial charge on any atom is 0.405 e. The molecular weight excluding hydrogens is 188 g/mol. The van der Waals surface area contributed by atoms with Crippen LogP contribution in [-0.2, 0) is 0 Å². The SMILES string of the molecule is Fc1ccc(NCC(F)(F)F)nc1. The lowest BCUT2D eigenvalue weighted by Gasteiger charge is -2.07. The molecule has 0 aromatic carbocycles. The summed E-state index contributed by atoms with van der Waals surface area (Å²) in [7, 11) is 0. The molecule has 0 saturated carbocycles. The van der Waals surface area contributed by atoms with Crippen LogP contribution in [0.2, 0.25) is 0 Å². The standard InChI is InChI=1S/C7H6F4N2/c8-5-1-2-6(12-3-5)13-4-7(9,10)11/h1-3H,4H2,(H,12,13). The zero-order valence-electron chi connectivity index (χ0n) is 6.40. The Morgan fingerprint density at radius 2 is 2.00 bits per heavy atom. The van der Waals surface area contributed by atoms with Crippen LogP contribution in [0.4, 0.5) is 23.4 Å². The third-order valence-electron chi connectivity index (χ3n) is 1.20. The normalized spacial score (nSPS) is 11.4. The Hall–Kier alpha value is -1.33. The van der Waals surface area contributed by atoms with E-state index in [9.17, 15) is 17.6 Å². The van der Waals surface area contributed by atoms with Crippen molar-refractivity contribution in [1.82, 2.24) is 4.98 Å². The van der Waals surface area contributed by atoms with E-state index in [4.69, 9.17) is 0 Å². The van der Waals surface area contributed by atoms with Gasteiger partial charge < -0.3 is 5.32 Å². The van der Waals surface area contributed by atoms with Crippen LogP contribution >= 0.6 is 0 Å². The third kappa shape index (κ3) is 3.73. The number of rotatable bonds is 2. The Labute approximate surface area is 71.6 Å². The van der Waals surface area contributed by atoms with Gasteiger partial charge in [-0.05, 0) is 12.1 Å². The minimum Gasteiger partial charge on any atom is -0.361 e. The monoisotopic (exact) mass is 194 g/mol. The highest BCUT2D eigenvalue weighted by molar-refractivity contribution is 5.33. The molecule has 1 aromatic rings. The fraction of sp³-hybridized carbons (Fsp3) is 0.286. The van der Waals surface area contributed by atoms with Gasteiger partial charge in [0, 0.05) is 0 Å². The molecule has 0 aliphatic rings. The van der Waals surface area contributed by atoms with Crippen LogP contribution in [-0.4, -0.2) is 17.7 Å². The van der Waals surface area contributed by atoms with Crippen LogP contribution in [0.1, 0.15) is 0 Å². The van der Waals surface area contributed by atoms with E-state index in [0.29, 0.717) is 0 Å². The van der Waals surface area contributed by atoms with Crippen molar-refractivity contribution in [2.45, 2.75) is 6.18 Å². The second kappa shape index (κ2) is 3.59. The van der Waals surface area contributed by atoms with Gasteiger partial charge in [-0.25, -0.2) is 9.37 Å². The Bertz CT molecular complexity index is 267. The van der Waals surface area contributed by atoms with E-state index in [0.717, 1.165) is 18.3 Å². The molecule has 0 atom stereocenters. The van der Waals surface area contributed by atoms with Crippen molar-refractivity contribution in [1.29, 1.82) is 0 Å². The maximum atomic E-state index is 12.2. The third-order valence-corrected chi connectivity index (χ3v) is 1.20. The van der Waals surface area contributed by atoms with Gasteiger partial charge in [-0.2, -0.15) is 13.2 Å². The first kappa shape index (κ1) is 9.76. The van der Waals surface area contributed by atoms with E-state index >= 15 is 0 Å². The second-order valence-electron chi connectivity index (χ2n) is 2.33. The summed E-state index contributed by atoms with van der Waals surface area (Å²) >= 11 is 0. The van der Waals surface area contributed by atoms with Gasteiger partial charge in [0.1, 0.15) is 18.2 Å². The Kier molecular flexibility index (Phi) is 2.69. The van der Waals surface area contributed by atoms with E-state index in [1.54, 1.807) is 0 Å². The molecule has 0 unspecified atom stereocenters. The molecule has 1 rings (SSSR count). The molecule has 0 radical (unpaired) electrons. The molecule has 0 bridgehead atoms. The van der Waals surface area contributed by atoms with Crippen LogP contribution in [0.15, 0.2) is 18.3 Å². The number of hydrogen-bond acceptors (Lipinski definition) is 2. The van der Waals surface area contributed by atoms with E-state index in [2.05, 4.69) is 4.98 Å². The van der Waals surface area contributed by atoms with Crippen LogP contribution in [0.3, 0.4) is 0 Å². The Balaban J connectivity index is 2.51. The van der Waals surface area contributed by atoms with Crippen molar-refractivity contribution in [3.63, 3.8) is 0 Å². The Morgan fingerprint density at radius 3 is 2.46 bits per heavy atom. The molecule has 13 heavy (non-hydrogen) atoms. The summed E-state index contributed by atoms with van der Waals surface area (Å²) in [5.41, 5.74) is 0. The van der Waals surface area contributed by atoms with Crippen LogP contribution in [0.5, 0.6) is 0 Å². The summed E-state index contributed by atoms with van der Waals surface area (Å²) in [4.78, 5) is 3.40. The fourth-order valence-electron chi connectivity index (χ4n) is 0.671. The lowest BCUT2D eigenvalue weighted by atomic mass is 10.4. The van der Waals surface area contributed by atoms with E-state index in [1.807, 2.05) is 5.32 Å². The number of pyridine rings is 1. The van der Waals surface area contributed by atoms with Gasteiger partial charge in [0.15, 0.2) is 0 Å². The highest BCUT2D eigenvalue weighted by atomic mass is 19.4. The number of hydrogen-bond donors (Lipinski definition) is 1. The summed E-state index contributed by atoms with van der Waals surface area (Å²) in [6, 6.07) is 2.17. The van der Waals surface area contributed by atoms with Gasteiger partial charge in [-0.3, -0.25) is 0 Å². The number of anilines is 1. The number of aromatic nitrogens is 1. The van der Waals surface area contributed by atoms with Gasteiger partial charge in [0.2, 0.25) is 0 Å². The number of halogens is 4. The molecule has 0 amide bonds. The zero-order valence-corrected chi connectivity index (χ0v) is 6.40. The molecule has 0 fully saturated rings. The molecule has 1 N–H and O–H groups in total. The van der Waals surface area contributed by atoms with Gasteiger partial charge in [0.25, 0.3) is 0 Å². The predicted octanol–water partition coefficient (Wildman–Crippen LogP) is 2.19. The first-order valence-electron chi connectivity index (χ1n) is 3.39. The molecule has 2 nitrogen and oxygen atoms in total. The van der Waals surface area contributed by atoms with E-state index < -0.39 is 18.5 Å². The number of nitrogens with zero attached hydrogens (tertiary/aromatic N) is 1. The average Bonchev–Trinajstić information content (AvgIpc) is 2.02. The average molecular weight is 194 g/mol. The second-order valence-corrected chi connectivity index (χ2v) is 2.33. The molecule has 0 spiro atoms. The maximum absolute atomic E-state index is 12.2. The van der Waals surface area contributed by atoms with Crippen molar-refractivity contribution < 1.29 is 17.6 Å². The molecule has 0 aliphatic heterocycles. The first-order valence-corrected chi connectivity index (χ1v) is 3.39. The molecule has 6 heteroatoms. The molecular formula is C7H6F4N2. The van der Waals surface area contributed by atoms with Crippen molar-refractivity contribution >= 4 is 5.82 Å². The fourth-order valence-corrected chi connectivity index (χ4v) is 0.671. The number of nitrogens with one attached hydrogen (secondary N) is 1. The van der Waals surface area contributed by atoms with Crippen molar-refractivity contribution in [2.75, 3.05) is 11.9 Å². The molecule has 1 heterocycles. The van der Waals surface area contributed by atoms with Crippen molar-refractivity contribution in [3.05, 3.63) is 24.1 Å². The van der Waals surface area contributed by atoms with Crippen LogP contribution in [0, 0.1) is 5.82 Å². The van der Waals surface area contributed by atoms with Crippen LogP contribution < -0.4 is 5.32 Å². The van der Waals surface area contributed by atoms with Crippen molar-refractivity contribution in [3.8, 4) is 0 Å². The van der Waals surface area contributed by atoms with Crippen LogP contribution in [0.25, 0.3) is 0 Å². The highest BCUT2D eigenvalue weighted by Gasteiger charge is 2.26. The summed E-state index contributed by atoms with van der Waals surface area (Å²) in [5, 5.41) is 2.01. The summed E-state index contributed by atoms with van der Waals surface area (Å²) < 4.78 is 47.2. The first-order chi connectivity index (χ1) is 5.97. The Morgan fingerprint density at radius 1 is 1.31 bits per heavy atom. The minimum atomic E-state index is -4.30. The smallest absolute Gasteiger partial charge is 0.361 e.